The van der Waals surface area contributed by atoms with E-state index in [-0.39, 0.29) is 23.6 Å². The molecule has 7 nitrogen and oxygen atoms in total. The first kappa shape index (κ1) is 22.7. The normalized spacial score (nSPS) is 15.9. The van der Waals surface area contributed by atoms with E-state index < -0.39 is 0 Å². The van der Waals surface area contributed by atoms with Gasteiger partial charge in [0.1, 0.15) is 11.6 Å². The van der Waals surface area contributed by atoms with Crippen molar-refractivity contribution < 1.29 is 9.18 Å². The quantitative estimate of drug-likeness (QED) is 0.447. The van der Waals surface area contributed by atoms with Gasteiger partial charge in [0, 0.05) is 61.8 Å². The fraction of sp³-hybridized carbons (Fsp3) is 0.222. The maximum absolute atomic E-state index is 14.4. The van der Waals surface area contributed by atoms with Gasteiger partial charge in [-0.2, -0.15) is 5.10 Å². The Hall–Kier alpha value is -4.04. The molecule has 1 atom stereocenters. The molecule has 4 aromatic rings. The van der Waals surface area contributed by atoms with Crippen molar-refractivity contribution in [2.45, 2.75) is 19.0 Å². The zero-order chi connectivity index (χ0) is 24.4. The smallest absolute Gasteiger partial charge is 0.255 e. The lowest BCUT2D eigenvalue weighted by Crippen LogP contribution is -2.37. The summed E-state index contributed by atoms with van der Waals surface area (Å²) in [5.74, 6) is -0.267. The van der Waals surface area contributed by atoms with E-state index in [0.717, 1.165) is 35.2 Å². The Morgan fingerprint density at radius 2 is 1.94 bits per heavy atom. The number of nitrogen functional groups attached to an aromatic ring is 1. The van der Waals surface area contributed by atoms with Gasteiger partial charge in [0.15, 0.2) is 0 Å². The van der Waals surface area contributed by atoms with Crippen LogP contribution in [0.25, 0.3) is 22.3 Å². The zero-order valence-electron chi connectivity index (χ0n) is 19.5. The first-order chi connectivity index (χ1) is 17.0. The van der Waals surface area contributed by atoms with Crippen molar-refractivity contribution in [1.82, 2.24) is 25.0 Å². The van der Waals surface area contributed by atoms with Crippen LogP contribution in [-0.4, -0.2) is 44.7 Å². The molecule has 0 spiro atoms. The van der Waals surface area contributed by atoms with Gasteiger partial charge in [0.2, 0.25) is 0 Å². The van der Waals surface area contributed by atoms with E-state index >= 15 is 0 Å². The van der Waals surface area contributed by atoms with Gasteiger partial charge in [-0.3, -0.25) is 14.4 Å². The van der Waals surface area contributed by atoms with E-state index in [4.69, 9.17) is 5.73 Å². The minimum absolute atomic E-state index is 0.00186. The third kappa shape index (κ3) is 5.07. The number of benzene rings is 2. The van der Waals surface area contributed by atoms with E-state index in [2.05, 4.69) is 20.3 Å². The fourth-order valence-electron chi connectivity index (χ4n) is 4.51. The molecule has 3 N–H and O–H groups in total. The number of carbonyl (C=O) groups is 1. The molecule has 5 rings (SSSR count). The Morgan fingerprint density at radius 1 is 1.11 bits per heavy atom. The van der Waals surface area contributed by atoms with Crippen molar-refractivity contribution >= 4 is 11.7 Å². The molecule has 1 aliphatic heterocycles. The molecule has 1 aliphatic rings. The molecule has 0 unspecified atom stereocenters. The number of aromatic nitrogens is 3. The van der Waals surface area contributed by atoms with Gasteiger partial charge in [-0.15, -0.1) is 0 Å². The molecule has 0 aliphatic carbocycles. The molecule has 2 aromatic heterocycles. The summed E-state index contributed by atoms with van der Waals surface area (Å²) in [5.41, 5.74) is 10.5. The van der Waals surface area contributed by atoms with Crippen LogP contribution in [0.3, 0.4) is 0 Å². The second-order valence-corrected chi connectivity index (χ2v) is 8.93. The van der Waals surface area contributed by atoms with Crippen LogP contribution >= 0.6 is 0 Å². The van der Waals surface area contributed by atoms with Crippen LogP contribution in [0, 0.1) is 5.82 Å². The van der Waals surface area contributed by atoms with Gasteiger partial charge in [-0.25, -0.2) is 9.37 Å². The second kappa shape index (κ2) is 9.68. The summed E-state index contributed by atoms with van der Waals surface area (Å²) < 4.78 is 16.1. The summed E-state index contributed by atoms with van der Waals surface area (Å²) in [6.45, 7) is 2.23. The number of nitrogens with one attached hydrogen (secondary N) is 1. The van der Waals surface area contributed by atoms with Crippen molar-refractivity contribution in [2.75, 3.05) is 18.8 Å². The maximum atomic E-state index is 14.4. The van der Waals surface area contributed by atoms with Gasteiger partial charge in [0.25, 0.3) is 5.91 Å². The molecule has 1 amide bonds. The number of carbonyl (C=O) groups excluding carboxylic acids is 1. The Bertz CT molecular complexity index is 1350. The minimum atomic E-state index is -0.235. The molecule has 0 bridgehead atoms. The van der Waals surface area contributed by atoms with Crippen molar-refractivity contribution in [1.29, 1.82) is 0 Å². The highest BCUT2D eigenvalue weighted by atomic mass is 19.1. The topological polar surface area (TPSA) is 89.1 Å². The Morgan fingerprint density at radius 3 is 2.71 bits per heavy atom. The van der Waals surface area contributed by atoms with Gasteiger partial charge >= 0.3 is 0 Å². The monoisotopic (exact) mass is 470 g/mol. The molecule has 3 heterocycles. The number of hydrogen-bond donors (Lipinski definition) is 2. The molecule has 1 fully saturated rings. The molecule has 8 heteroatoms. The third-order valence-corrected chi connectivity index (χ3v) is 6.33. The average molecular weight is 471 g/mol. The maximum Gasteiger partial charge on any atom is 0.255 e. The third-order valence-electron chi connectivity index (χ3n) is 6.33. The van der Waals surface area contributed by atoms with Crippen LogP contribution in [-0.2, 0) is 13.6 Å². The number of likely N-dealkylation sites (tertiary alicyclic amines) is 1. The molecule has 2 aromatic carbocycles. The number of hydrogen-bond acceptors (Lipinski definition) is 5. The van der Waals surface area contributed by atoms with Crippen LogP contribution < -0.4 is 11.1 Å². The Balaban J connectivity index is 1.24. The molecular weight excluding hydrogens is 443 g/mol. The summed E-state index contributed by atoms with van der Waals surface area (Å²) in [5, 5.41) is 7.27. The predicted molar refractivity (Wildman–Crippen MR) is 134 cm³/mol. The first-order valence-electron chi connectivity index (χ1n) is 11.6. The van der Waals surface area contributed by atoms with Crippen molar-refractivity contribution in [2.24, 2.45) is 7.05 Å². The highest BCUT2D eigenvalue weighted by Crippen LogP contribution is 2.26. The SMILES string of the molecule is Cn1cc(-c2cnc(N)c(C(=O)N[C@@H]3CCN(Cc4ccc(F)c(-c5ccccc5)c4)C3)c2)cn1. The fourth-order valence-corrected chi connectivity index (χ4v) is 4.51. The van der Waals surface area contributed by atoms with Crippen molar-refractivity contribution in [3.05, 3.63) is 90.1 Å². The number of pyridine rings is 1. The molecule has 35 heavy (non-hydrogen) atoms. The van der Waals surface area contributed by atoms with E-state index in [1.807, 2.05) is 55.7 Å². The predicted octanol–water partition coefficient (Wildman–Crippen LogP) is 3.87. The van der Waals surface area contributed by atoms with Crippen molar-refractivity contribution in [3.8, 4) is 22.3 Å². The molecule has 1 saturated heterocycles. The summed E-state index contributed by atoms with van der Waals surface area (Å²) in [6, 6.07) is 16.6. The van der Waals surface area contributed by atoms with Gasteiger partial charge < -0.3 is 11.1 Å². The summed E-state index contributed by atoms with van der Waals surface area (Å²) in [6.07, 6.45) is 6.06. The van der Waals surface area contributed by atoms with E-state index in [1.54, 1.807) is 23.1 Å². The number of nitrogens with zero attached hydrogens (tertiary/aromatic N) is 4. The summed E-state index contributed by atoms with van der Waals surface area (Å²) in [7, 11) is 1.84. The largest absolute Gasteiger partial charge is 0.383 e. The Kier molecular flexibility index (Phi) is 6.29. The molecule has 0 radical (unpaired) electrons. The van der Waals surface area contributed by atoms with Gasteiger partial charge in [0.05, 0.1) is 11.8 Å². The van der Waals surface area contributed by atoms with E-state index in [0.29, 0.717) is 24.2 Å². The van der Waals surface area contributed by atoms with Crippen LogP contribution in [0.5, 0.6) is 0 Å². The molecule has 0 saturated carbocycles. The van der Waals surface area contributed by atoms with E-state index in [1.165, 1.54) is 6.07 Å². The van der Waals surface area contributed by atoms with Gasteiger partial charge in [-0.05, 0) is 35.7 Å². The molecular formula is C27H27FN6O. The summed E-state index contributed by atoms with van der Waals surface area (Å²) in [4.78, 5) is 19.5. The Labute approximate surface area is 203 Å². The van der Waals surface area contributed by atoms with Crippen molar-refractivity contribution in [3.63, 3.8) is 0 Å². The number of amides is 1. The van der Waals surface area contributed by atoms with Crippen LogP contribution in [0.2, 0.25) is 0 Å². The summed E-state index contributed by atoms with van der Waals surface area (Å²) >= 11 is 0. The average Bonchev–Trinajstić information content (AvgIpc) is 3.49. The van der Waals surface area contributed by atoms with Crippen LogP contribution in [0.4, 0.5) is 10.2 Å². The number of nitrogens with two attached hydrogens (primary N) is 1. The van der Waals surface area contributed by atoms with E-state index in [9.17, 15) is 9.18 Å². The highest BCUT2D eigenvalue weighted by Gasteiger charge is 2.25. The lowest BCUT2D eigenvalue weighted by Gasteiger charge is -2.18. The first-order valence-corrected chi connectivity index (χ1v) is 11.6. The number of halogens is 1. The van der Waals surface area contributed by atoms with Crippen LogP contribution in [0.15, 0.2) is 73.2 Å². The van der Waals surface area contributed by atoms with Gasteiger partial charge in [-0.1, -0.05) is 36.4 Å². The number of aryl methyl sites for hydroxylation is 1. The lowest BCUT2D eigenvalue weighted by molar-refractivity contribution is 0.0938. The number of anilines is 1. The minimum Gasteiger partial charge on any atom is -0.383 e. The highest BCUT2D eigenvalue weighted by molar-refractivity contribution is 5.99. The molecule has 178 valence electrons. The second-order valence-electron chi connectivity index (χ2n) is 8.93. The standard InChI is InChI=1S/C27H27FN6O/c1-33-16-21(14-31-33)20-12-24(26(29)30-13-20)27(35)32-22-9-10-34(17-22)15-18-7-8-25(28)23(11-18)19-5-3-2-4-6-19/h2-8,11-14,16,22H,9-10,15,17H2,1H3,(H2,29,30)(H,32,35)/t22-/m1/s1. The number of rotatable bonds is 6. The lowest BCUT2D eigenvalue weighted by atomic mass is 10.0. The zero-order valence-corrected chi connectivity index (χ0v) is 19.5. The van der Waals surface area contributed by atoms with Crippen LogP contribution in [0.1, 0.15) is 22.3 Å².